The van der Waals surface area contributed by atoms with E-state index in [2.05, 4.69) is 10.6 Å². The summed E-state index contributed by atoms with van der Waals surface area (Å²) in [5.41, 5.74) is -1.46. The number of benzene rings is 2. The van der Waals surface area contributed by atoms with Gasteiger partial charge in [0.25, 0.3) is 5.91 Å². The fourth-order valence-electron chi connectivity index (χ4n) is 4.92. The standard InChI is InChI=1S/C25H27Cl2FN2O5/c26-16-1-3-17(4-2-16)34-12-11-29-23(33)25-9-7-24(8-10-25,14-21(25)31)30-22(32)15-35-18-5-6-19(27)20(28)13-18/h1-6,13,21,31H,7-12,14-15H2,(H,29,33)(H,30,32). The average Bonchev–Trinajstić information content (AvgIpc) is 2.84. The van der Waals surface area contributed by atoms with Crippen molar-refractivity contribution in [2.75, 3.05) is 19.8 Å². The zero-order valence-corrected chi connectivity index (χ0v) is 20.5. The summed E-state index contributed by atoms with van der Waals surface area (Å²) in [5.74, 6) is -0.342. The minimum Gasteiger partial charge on any atom is -0.492 e. The molecule has 2 amide bonds. The van der Waals surface area contributed by atoms with Gasteiger partial charge in [0.15, 0.2) is 6.61 Å². The Labute approximate surface area is 212 Å². The van der Waals surface area contributed by atoms with Gasteiger partial charge in [-0.2, -0.15) is 0 Å². The van der Waals surface area contributed by atoms with E-state index in [4.69, 9.17) is 32.7 Å². The second kappa shape index (κ2) is 10.6. The van der Waals surface area contributed by atoms with Crippen molar-refractivity contribution < 1.29 is 28.6 Å². The summed E-state index contributed by atoms with van der Waals surface area (Å²) in [6.07, 6.45) is 1.46. The van der Waals surface area contributed by atoms with Crippen LogP contribution in [-0.2, 0) is 9.59 Å². The third kappa shape index (κ3) is 5.82. The molecule has 3 fully saturated rings. The molecule has 0 spiro atoms. The lowest BCUT2D eigenvalue weighted by molar-refractivity contribution is -0.156. The second-order valence-corrected chi connectivity index (χ2v) is 9.97. The Hall–Kier alpha value is -2.55. The van der Waals surface area contributed by atoms with E-state index >= 15 is 0 Å². The number of hydrogen-bond acceptors (Lipinski definition) is 5. The van der Waals surface area contributed by atoms with Crippen molar-refractivity contribution in [3.8, 4) is 11.5 Å². The van der Waals surface area contributed by atoms with Gasteiger partial charge in [0, 0.05) is 16.6 Å². The highest BCUT2D eigenvalue weighted by atomic mass is 35.5. The summed E-state index contributed by atoms with van der Waals surface area (Å²) in [5, 5.41) is 17.3. The smallest absolute Gasteiger partial charge is 0.258 e. The van der Waals surface area contributed by atoms with Gasteiger partial charge in [0.2, 0.25) is 5.91 Å². The molecule has 0 aliphatic heterocycles. The normalized spacial score (nSPS) is 25.1. The van der Waals surface area contributed by atoms with Crippen LogP contribution in [-0.4, -0.2) is 48.3 Å². The Balaban J connectivity index is 1.24. The number of rotatable bonds is 9. The molecule has 188 valence electrons. The summed E-state index contributed by atoms with van der Waals surface area (Å²) in [4.78, 5) is 25.5. The zero-order chi connectivity index (χ0) is 25.1. The molecule has 2 bridgehead atoms. The molecule has 5 rings (SSSR count). The number of fused-ring (bicyclic) bond motifs is 3. The zero-order valence-electron chi connectivity index (χ0n) is 19.0. The second-order valence-electron chi connectivity index (χ2n) is 9.13. The van der Waals surface area contributed by atoms with Gasteiger partial charge in [-0.3, -0.25) is 9.59 Å². The van der Waals surface area contributed by atoms with Crippen molar-refractivity contribution in [2.24, 2.45) is 5.41 Å². The lowest BCUT2D eigenvalue weighted by Gasteiger charge is -2.55. The van der Waals surface area contributed by atoms with Crippen LogP contribution in [0.2, 0.25) is 10.0 Å². The number of carbonyl (C=O) groups excluding carboxylic acids is 2. The number of amides is 2. The van der Waals surface area contributed by atoms with E-state index in [1.165, 1.54) is 12.1 Å². The molecule has 10 heteroatoms. The molecule has 35 heavy (non-hydrogen) atoms. The molecule has 0 saturated heterocycles. The van der Waals surface area contributed by atoms with Crippen LogP contribution < -0.4 is 20.1 Å². The van der Waals surface area contributed by atoms with Gasteiger partial charge >= 0.3 is 0 Å². The molecular formula is C25H27Cl2FN2O5. The molecule has 0 heterocycles. The van der Waals surface area contributed by atoms with E-state index in [0.717, 1.165) is 6.07 Å². The van der Waals surface area contributed by atoms with Crippen molar-refractivity contribution >= 4 is 35.0 Å². The number of aliphatic hydroxyl groups excluding tert-OH is 1. The molecule has 3 N–H and O–H groups in total. The van der Waals surface area contributed by atoms with Crippen LogP contribution in [0.15, 0.2) is 42.5 Å². The first kappa shape index (κ1) is 25.5. The molecule has 0 aromatic heterocycles. The number of aliphatic hydroxyl groups is 1. The van der Waals surface area contributed by atoms with Gasteiger partial charge in [0.1, 0.15) is 23.9 Å². The van der Waals surface area contributed by atoms with E-state index in [9.17, 15) is 19.1 Å². The first-order valence-corrected chi connectivity index (χ1v) is 12.2. The Morgan fingerprint density at radius 3 is 2.37 bits per heavy atom. The van der Waals surface area contributed by atoms with Crippen LogP contribution in [0.5, 0.6) is 11.5 Å². The Bertz CT molecular complexity index is 1070. The predicted molar refractivity (Wildman–Crippen MR) is 129 cm³/mol. The van der Waals surface area contributed by atoms with E-state index in [1.807, 2.05) is 0 Å². The maximum atomic E-state index is 13.5. The largest absolute Gasteiger partial charge is 0.492 e. The molecule has 1 unspecified atom stereocenters. The molecule has 2 aromatic carbocycles. The van der Waals surface area contributed by atoms with Gasteiger partial charge in [-0.05, 0) is 68.5 Å². The summed E-state index contributed by atoms with van der Waals surface area (Å²) < 4.78 is 24.5. The van der Waals surface area contributed by atoms with Crippen molar-refractivity contribution in [3.05, 3.63) is 58.3 Å². The summed E-state index contributed by atoms with van der Waals surface area (Å²) >= 11 is 11.5. The molecule has 3 aliphatic carbocycles. The first-order valence-electron chi connectivity index (χ1n) is 11.5. The number of ether oxygens (including phenoxy) is 2. The van der Waals surface area contributed by atoms with Gasteiger partial charge in [-0.25, -0.2) is 4.39 Å². The van der Waals surface area contributed by atoms with Crippen molar-refractivity contribution in [1.82, 2.24) is 10.6 Å². The average molecular weight is 525 g/mol. The Morgan fingerprint density at radius 1 is 1.03 bits per heavy atom. The van der Waals surface area contributed by atoms with Crippen LogP contribution in [0.25, 0.3) is 0 Å². The monoisotopic (exact) mass is 524 g/mol. The highest BCUT2D eigenvalue weighted by molar-refractivity contribution is 6.31. The quantitative estimate of drug-likeness (QED) is 0.432. The minimum absolute atomic E-state index is 0.0271. The predicted octanol–water partition coefficient (Wildman–Crippen LogP) is 3.89. The summed E-state index contributed by atoms with van der Waals surface area (Å²) in [6.45, 7) is 0.301. The summed E-state index contributed by atoms with van der Waals surface area (Å²) in [6, 6.07) is 10.9. The van der Waals surface area contributed by atoms with Gasteiger partial charge in [0.05, 0.1) is 23.1 Å². The molecule has 1 atom stereocenters. The minimum atomic E-state index is -0.881. The number of hydrogen-bond donors (Lipinski definition) is 3. The fourth-order valence-corrected chi connectivity index (χ4v) is 5.16. The van der Waals surface area contributed by atoms with Gasteiger partial charge < -0.3 is 25.2 Å². The number of halogens is 3. The van der Waals surface area contributed by atoms with Crippen LogP contribution in [0, 0.1) is 11.2 Å². The molecule has 0 radical (unpaired) electrons. The van der Waals surface area contributed by atoms with E-state index in [1.54, 1.807) is 24.3 Å². The third-order valence-corrected chi connectivity index (χ3v) is 7.47. The van der Waals surface area contributed by atoms with Crippen molar-refractivity contribution in [2.45, 2.75) is 43.7 Å². The van der Waals surface area contributed by atoms with Gasteiger partial charge in [-0.15, -0.1) is 0 Å². The van der Waals surface area contributed by atoms with Crippen molar-refractivity contribution in [1.29, 1.82) is 0 Å². The fraction of sp³-hybridized carbons (Fsp3) is 0.440. The summed E-state index contributed by atoms with van der Waals surface area (Å²) in [7, 11) is 0. The molecule has 7 nitrogen and oxygen atoms in total. The third-order valence-electron chi connectivity index (χ3n) is 6.91. The Kier molecular flexibility index (Phi) is 7.73. The van der Waals surface area contributed by atoms with Crippen LogP contribution in [0.1, 0.15) is 32.1 Å². The highest BCUT2D eigenvalue weighted by Crippen LogP contribution is 2.52. The Morgan fingerprint density at radius 2 is 1.71 bits per heavy atom. The number of nitrogens with one attached hydrogen (secondary N) is 2. The van der Waals surface area contributed by atoms with E-state index in [0.29, 0.717) is 43.0 Å². The molecular weight excluding hydrogens is 498 g/mol. The van der Waals surface area contributed by atoms with Crippen LogP contribution >= 0.6 is 23.2 Å². The topological polar surface area (TPSA) is 96.9 Å². The highest BCUT2D eigenvalue weighted by Gasteiger charge is 2.58. The lowest BCUT2D eigenvalue weighted by Crippen LogP contribution is -2.65. The lowest BCUT2D eigenvalue weighted by atomic mass is 9.55. The maximum Gasteiger partial charge on any atom is 0.258 e. The number of carbonyl (C=O) groups is 2. The molecule has 2 aromatic rings. The van der Waals surface area contributed by atoms with Crippen LogP contribution in [0.3, 0.4) is 0 Å². The maximum absolute atomic E-state index is 13.5. The van der Waals surface area contributed by atoms with Crippen LogP contribution in [0.4, 0.5) is 4.39 Å². The molecule has 3 saturated carbocycles. The van der Waals surface area contributed by atoms with E-state index < -0.39 is 22.9 Å². The SMILES string of the molecule is O=C(COc1ccc(Cl)c(F)c1)NC12CCC(C(=O)NCCOc3ccc(Cl)cc3)(CC1)C(O)C2. The van der Waals surface area contributed by atoms with Gasteiger partial charge in [-0.1, -0.05) is 23.2 Å². The first-order chi connectivity index (χ1) is 16.7. The van der Waals surface area contributed by atoms with E-state index in [-0.39, 0.29) is 42.2 Å². The van der Waals surface area contributed by atoms with Crippen molar-refractivity contribution in [3.63, 3.8) is 0 Å². The molecule has 3 aliphatic rings.